The predicted molar refractivity (Wildman–Crippen MR) is 165 cm³/mol. The molecule has 8 nitrogen and oxygen atoms in total. The summed E-state index contributed by atoms with van der Waals surface area (Å²) in [6.07, 6.45) is 8.29. The van der Waals surface area contributed by atoms with Crippen molar-refractivity contribution in [1.29, 1.82) is 0 Å². The van der Waals surface area contributed by atoms with E-state index in [1.807, 2.05) is 62.1 Å². The maximum atomic E-state index is 13.4. The van der Waals surface area contributed by atoms with Crippen LogP contribution in [-0.2, 0) is 16.0 Å². The number of carbonyl (C=O) groups is 2. The molecule has 1 aliphatic carbocycles. The van der Waals surface area contributed by atoms with Crippen molar-refractivity contribution in [3.63, 3.8) is 0 Å². The van der Waals surface area contributed by atoms with Gasteiger partial charge < -0.3 is 26.2 Å². The standard InChI is InChI=1S/C33H52N4O4/c1-8-24-11-9-10-12-28(24)37-21-32(5,6)36(20-30(37)39)19-27(34)29(38)17-26(22(2)3)31(40)35-25-14-13-23(4)18-33(7,41)16-15-25/h9-16,22-23,25-27,29,38,41H,8,17-21,34H2,1-7H3,(H,35,40)/b14-13+,16-15+/t23?,25?,26-,27-,29-,33?/m0/s1. The van der Waals surface area contributed by atoms with Gasteiger partial charge in [-0.25, -0.2) is 0 Å². The summed E-state index contributed by atoms with van der Waals surface area (Å²) in [5, 5.41) is 24.8. The molecule has 3 rings (SSSR count). The van der Waals surface area contributed by atoms with Gasteiger partial charge in [0.2, 0.25) is 11.8 Å². The van der Waals surface area contributed by atoms with Gasteiger partial charge in [-0.05, 0) is 63.5 Å². The van der Waals surface area contributed by atoms with Crippen LogP contribution in [0.25, 0.3) is 0 Å². The molecule has 6 atom stereocenters. The first-order valence-electron chi connectivity index (χ1n) is 15.1. The number of aliphatic hydroxyl groups is 2. The minimum Gasteiger partial charge on any atom is -0.391 e. The van der Waals surface area contributed by atoms with E-state index in [1.54, 1.807) is 13.0 Å². The highest BCUT2D eigenvalue weighted by Crippen LogP contribution is 2.30. The highest BCUT2D eigenvalue weighted by Gasteiger charge is 2.40. The molecule has 0 aromatic heterocycles. The molecule has 1 saturated heterocycles. The first-order chi connectivity index (χ1) is 19.1. The minimum atomic E-state index is -0.937. The Balaban J connectivity index is 1.64. The van der Waals surface area contributed by atoms with Crippen LogP contribution in [0.4, 0.5) is 5.69 Å². The molecular formula is C33H52N4O4. The van der Waals surface area contributed by atoms with E-state index in [-0.39, 0.29) is 48.2 Å². The van der Waals surface area contributed by atoms with Crippen molar-refractivity contribution in [2.45, 2.75) is 97.1 Å². The smallest absolute Gasteiger partial charge is 0.241 e. The Hall–Kier alpha value is -2.52. The van der Waals surface area contributed by atoms with Crippen molar-refractivity contribution in [1.82, 2.24) is 10.2 Å². The van der Waals surface area contributed by atoms with Crippen molar-refractivity contribution in [3.8, 4) is 0 Å². The van der Waals surface area contributed by atoms with Crippen molar-refractivity contribution >= 4 is 17.5 Å². The van der Waals surface area contributed by atoms with Crippen LogP contribution >= 0.6 is 0 Å². The lowest BCUT2D eigenvalue weighted by molar-refractivity contribution is -0.127. The molecule has 0 radical (unpaired) electrons. The van der Waals surface area contributed by atoms with Crippen molar-refractivity contribution in [3.05, 3.63) is 54.1 Å². The zero-order valence-corrected chi connectivity index (χ0v) is 26.0. The Morgan fingerprint density at radius 1 is 1.17 bits per heavy atom. The molecule has 228 valence electrons. The fraction of sp³-hybridized carbons (Fsp3) is 0.636. The lowest BCUT2D eigenvalue weighted by atomic mass is 9.86. The molecule has 1 aromatic rings. The number of anilines is 1. The molecule has 0 spiro atoms. The Labute approximate surface area is 246 Å². The number of nitrogens with zero attached hydrogens (tertiary/aromatic N) is 2. The number of carbonyl (C=O) groups excluding carboxylic acids is 2. The third kappa shape index (κ3) is 8.74. The number of hydrogen-bond donors (Lipinski definition) is 4. The number of benzene rings is 1. The summed E-state index contributed by atoms with van der Waals surface area (Å²) in [5.41, 5.74) is 7.33. The molecule has 5 N–H and O–H groups in total. The Kier molecular flexibility index (Phi) is 11.0. The van der Waals surface area contributed by atoms with Crippen LogP contribution in [0.2, 0.25) is 0 Å². The average molecular weight is 569 g/mol. The van der Waals surface area contributed by atoms with E-state index < -0.39 is 23.7 Å². The lowest BCUT2D eigenvalue weighted by Crippen LogP contribution is -2.64. The number of aliphatic hydroxyl groups excluding tert-OH is 1. The molecule has 2 aliphatic rings. The van der Waals surface area contributed by atoms with E-state index in [4.69, 9.17) is 5.73 Å². The fourth-order valence-electron chi connectivity index (χ4n) is 5.98. The summed E-state index contributed by atoms with van der Waals surface area (Å²) < 4.78 is 0. The number of para-hydroxylation sites is 1. The zero-order chi connectivity index (χ0) is 30.5. The molecular weight excluding hydrogens is 516 g/mol. The Morgan fingerprint density at radius 2 is 1.85 bits per heavy atom. The normalized spacial score (nSPS) is 28.9. The van der Waals surface area contributed by atoms with Crippen LogP contribution in [0.1, 0.15) is 66.9 Å². The SMILES string of the molecule is CCc1ccccc1N1CC(C)(C)N(C[C@H](N)[C@@H](O)C[C@H](C(=O)NC2/C=C/C(C)CC(C)(O)/C=C/2)C(C)C)CC1=O. The van der Waals surface area contributed by atoms with Crippen LogP contribution < -0.4 is 16.0 Å². The van der Waals surface area contributed by atoms with Gasteiger partial charge in [-0.1, -0.05) is 70.2 Å². The molecule has 8 heteroatoms. The summed E-state index contributed by atoms with van der Waals surface area (Å²) >= 11 is 0. The largest absolute Gasteiger partial charge is 0.391 e. The van der Waals surface area contributed by atoms with Gasteiger partial charge in [-0.15, -0.1) is 0 Å². The Morgan fingerprint density at radius 3 is 2.51 bits per heavy atom. The van der Waals surface area contributed by atoms with E-state index in [0.29, 0.717) is 19.5 Å². The van der Waals surface area contributed by atoms with E-state index in [9.17, 15) is 19.8 Å². The summed E-state index contributed by atoms with van der Waals surface area (Å²) in [6, 6.07) is 7.05. The summed E-state index contributed by atoms with van der Waals surface area (Å²) in [6.45, 7) is 15.1. The molecule has 0 saturated carbocycles. The third-order valence-electron chi connectivity index (χ3n) is 8.61. The van der Waals surface area contributed by atoms with Gasteiger partial charge in [0.05, 0.1) is 24.3 Å². The first-order valence-corrected chi connectivity index (χ1v) is 15.1. The molecule has 1 heterocycles. The van der Waals surface area contributed by atoms with Gasteiger partial charge in [0.1, 0.15) is 0 Å². The summed E-state index contributed by atoms with van der Waals surface area (Å²) in [5.74, 6) is -0.426. The summed E-state index contributed by atoms with van der Waals surface area (Å²) in [7, 11) is 0. The van der Waals surface area contributed by atoms with Gasteiger partial charge in [-0.2, -0.15) is 0 Å². The first kappa shape index (κ1) is 33.0. The molecule has 1 aliphatic heterocycles. The van der Waals surface area contributed by atoms with Gasteiger partial charge >= 0.3 is 0 Å². The van der Waals surface area contributed by atoms with Crippen LogP contribution in [-0.4, -0.2) is 75.9 Å². The van der Waals surface area contributed by atoms with Crippen LogP contribution in [0.15, 0.2) is 48.6 Å². The molecule has 3 unspecified atom stereocenters. The van der Waals surface area contributed by atoms with E-state index in [2.05, 4.69) is 37.1 Å². The van der Waals surface area contributed by atoms with Gasteiger partial charge in [0.25, 0.3) is 0 Å². The summed E-state index contributed by atoms with van der Waals surface area (Å²) in [4.78, 5) is 30.5. The fourth-order valence-corrected chi connectivity index (χ4v) is 5.98. The number of nitrogens with one attached hydrogen (secondary N) is 1. The van der Waals surface area contributed by atoms with Crippen molar-refractivity contribution in [2.24, 2.45) is 23.5 Å². The monoisotopic (exact) mass is 568 g/mol. The van der Waals surface area contributed by atoms with Crippen LogP contribution in [0.5, 0.6) is 0 Å². The number of hydrogen-bond acceptors (Lipinski definition) is 6. The van der Waals surface area contributed by atoms with Crippen molar-refractivity contribution < 1.29 is 19.8 Å². The molecule has 41 heavy (non-hydrogen) atoms. The zero-order valence-electron chi connectivity index (χ0n) is 26.0. The van der Waals surface area contributed by atoms with Crippen LogP contribution in [0, 0.1) is 17.8 Å². The van der Waals surface area contributed by atoms with E-state index in [1.165, 1.54) is 0 Å². The number of piperazine rings is 1. The molecule has 2 amide bonds. The molecule has 0 bridgehead atoms. The minimum absolute atomic E-state index is 0.0133. The second-order valence-corrected chi connectivity index (χ2v) is 13.3. The number of rotatable bonds is 10. The molecule has 1 fully saturated rings. The second-order valence-electron chi connectivity index (χ2n) is 13.3. The number of nitrogens with two attached hydrogens (primary N) is 1. The lowest BCUT2D eigenvalue weighted by Gasteiger charge is -2.48. The number of amides is 2. The van der Waals surface area contributed by atoms with Gasteiger partial charge in [-0.3, -0.25) is 14.5 Å². The number of aryl methyl sites for hydroxylation is 1. The van der Waals surface area contributed by atoms with Crippen LogP contribution in [0.3, 0.4) is 0 Å². The topological polar surface area (TPSA) is 119 Å². The Bertz CT molecular complexity index is 1110. The number of allylic oxidation sites excluding steroid dienone is 1. The van der Waals surface area contributed by atoms with E-state index >= 15 is 0 Å². The second kappa shape index (κ2) is 13.6. The van der Waals surface area contributed by atoms with Gasteiger partial charge in [0, 0.05) is 36.3 Å². The highest BCUT2D eigenvalue weighted by molar-refractivity contribution is 5.96. The maximum absolute atomic E-state index is 13.4. The third-order valence-corrected chi connectivity index (χ3v) is 8.61. The maximum Gasteiger partial charge on any atom is 0.241 e. The predicted octanol–water partition coefficient (Wildman–Crippen LogP) is 3.41. The molecule has 1 aromatic carbocycles. The van der Waals surface area contributed by atoms with E-state index in [0.717, 1.165) is 17.7 Å². The van der Waals surface area contributed by atoms with Crippen molar-refractivity contribution in [2.75, 3.05) is 24.5 Å². The highest BCUT2D eigenvalue weighted by atomic mass is 16.3. The average Bonchev–Trinajstić information content (AvgIpc) is 2.89. The van der Waals surface area contributed by atoms with Gasteiger partial charge in [0.15, 0.2) is 0 Å². The quantitative estimate of drug-likeness (QED) is 0.321.